The summed E-state index contributed by atoms with van der Waals surface area (Å²) in [4.78, 5) is 21.4. The second kappa shape index (κ2) is 6.87. The number of rotatable bonds is 4. The molecule has 0 radical (unpaired) electrons. The molecule has 10 heteroatoms. The monoisotopic (exact) mass is 344 g/mol. The normalized spacial score (nSPS) is 11.4. The lowest BCUT2D eigenvalue weighted by Crippen LogP contribution is -2.37. The molecule has 2 rings (SSSR count). The van der Waals surface area contributed by atoms with Crippen LogP contribution in [0.2, 0.25) is 0 Å². The van der Waals surface area contributed by atoms with Gasteiger partial charge in [0.2, 0.25) is 5.82 Å². The highest BCUT2D eigenvalue weighted by Crippen LogP contribution is 2.29. The zero-order chi connectivity index (χ0) is 17.9. The van der Waals surface area contributed by atoms with E-state index in [1.54, 1.807) is 31.3 Å². The van der Waals surface area contributed by atoms with Crippen molar-refractivity contribution in [1.29, 1.82) is 0 Å². The molecule has 0 spiro atoms. The highest BCUT2D eigenvalue weighted by atomic mass is 19.4. The minimum atomic E-state index is -4.68. The average molecular weight is 344 g/mol. The summed E-state index contributed by atoms with van der Waals surface area (Å²) in [6.45, 7) is 0.298. The van der Waals surface area contributed by atoms with Crippen LogP contribution in [0.1, 0.15) is 11.5 Å². The predicted octanol–water partition coefficient (Wildman–Crippen LogP) is 2.80. The van der Waals surface area contributed by atoms with E-state index in [0.29, 0.717) is 12.1 Å². The van der Waals surface area contributed by atoms with Gasteiger partial charge in [0.25, 0.3) is 0 Å². The molecule has 130 valence electrons. The van der Waals surface area contributed by atoms with E-state index in [-0.39, 0.29) is 11.9 Å². The molecule has 0 aliphatic heterocycles. The number of amides is 2. The Morgan fingerprint density at radius 3 is 2.38 bits per heavy atom. The number of hydrogen-bond acceptors (Lipinski definition) is 5. The molecule has 0 bridgehead atoms. The SMILES string of the molecule is CON(C)C(=O)N(C)Cc1ccc(-c2noc(C(F)(F)F)n2)cc1. The molecule has 1 heterocycles. The summed E-state index contributed by atoms with van der Waals surface area (Å²) >= 11 is 0. The van der Waals surface area contributed by atoms with Gasteiger partial charge in [-0.15, -0.1) is 0 Å². The minimum absolute atomic E-state index is 0.155. The second-order valence-corrected chi connectivity index (χ2v) is 4.94. The Balaban J connectivity index is 2.08. The summed E-state index contributed by atoms with van der Waals surface area (Å²) in [5, 5.41) is 4.39. The zero-order valence-electron chi connectivity index (χ0n) is 13.2. The first-order chi connectivity index (χ1) is 11.2. The standard InChI is InChI=1S/C14H15F3N4O3/c1-20(13(22)21(2)23-3)8-9-4-6-10(7-5-9)11-18-12(24-19-11)14(15,16)17/h4-7H,8H2,1-3H3. The van der Waals surface area contributed by atoms with Crippen molar-refractivity contribution in [3.8, 4) is 11.4 Å². The number of alkyl halides is 3. The molecule has 0 saturated heterocycles. The molecule has 24 heavy (non-hydrogen) atoms. The van der Waals surface area contributed by atoms with Crippen molar-refractivity contribution in [2.24, 2.45) is 0 Å². The maximum absolute atomic E-state index is 12.4. The van der Waals surface area contributed by atoms with Crippen LogP contribution in [-0.2, 0) is 17.6 Å². The van der Waals surface area contributed by atoms with E-state index < -0.39 is 12.1 Å². The van der Waals surface area contributed by atoms with Crippen LogP contribution in [0, 0.1) is 0 Å². The van der Waals surface area contributed by atoms with Crippen LogP contribution in [0.4, 0.5) is 18.0 Å². The van der Waals surface area contributed by atoms with Crippen molar-refractivity contribution in [3.63, 3.8) is 0 Å². The number of hydroxylamine groups is 2. The molecule has 7 nitrogen and oxygen atoms in total. The highest BCUT2D eigenvalue weighted by molar-refractivity contribution is 5.72. The van der Waals surface area contributed by atoms with E-state index in [9.17, 15) is 18.0 Å². The third-order valence-electron chi connectivity index (χ3n) is 3.17. The lowest BCUT2D eigenvalue weighted by molar-refractivity contribution is -0.159. The summed E-state index contributed by atoms with van der Waals surface area (Å²) in [5.41, 5.74) is 1.15. The fourth-order valence-corrected chi connectivity index (χ4v) is 1.88. The Hall–Kier alpha value is -2.62. The van der Waals surface area contributed by atoms with Crippen molar-refractivity contribution in [1.82, 2.24) is 20.1 Å². The van der Waals surface area contributed by atoms with Crippen LogP contribution >= 0.6 is 0 Å². The van der Waals surface area contributed by atoms with Gasteiger partial charge in [-0.2, -0.15) is 18.2 Å². The van der Waals surface area contributed by atoms with E-state index >= 15 is 0 Å². The van der Waals surface area contributed by atoms with Gasteiger partial charge in [-0.3, -0.25) is 4.84 Å². The zero-order valence-corrected chi connectivity index (χ0v) is 13.2. The van der Waals surface area contributed by atoms with Crippen molar-refractivity contribution >= 4 is 6.03 Å². The number of nitrogens with zero attached hydrogens (tertiary/aromatic N) is 4. The van der Waals surface area contributed by atoms with Gasteiger partial charge in [0, 0.05) is 26.2 Å². The van der Waals surface area contributed by atoms with E-state index in [2.05, 4.69) is 14.7 Å². The van der Waals surface area contributed by atoms with Gasteiger partial charge < -0.3 is 9.42 Å². The van der Waals surface area contributed by atoms with Crippen molar-refractivity contribution < 1.29 is 27.3 Å². The van der Waals surface area contributed by atoms with Crippen molar-refractivity contribution in [2.45, 2.75) is 12.7 Å². The van der Waals surface area contributed by atoms with Gasteiger partial charge in [-0.05, 0) is 5.56 Å². The van der Waals surface area contributed by atoms with Crippen LogP contribution < -0.4 is 0 Å². The summed E-state index contributed by atoms with van der Waals surface area (Å²) in [5.74, 6) is -1.55. The minimum Gasteiger partial charge on any atom is -0.329 e. The number of hydrogen-bond donors (Lipinski definition) is 0. The Morgan fingerprint density at radius 1 is 1.25 bits per heavy atom. The fraction of sp³-hybridized carbons (Fsp3) is 0.357. The molecule has 2 aromatic rings. The molecule has 0 aliphatic carbocycles. The lowest BCUT2D eigenvalue weighted by Gasteiger charge is -2.22. The molecule has 0 aliphatic rings. The Bertz CT molecular complexity index is 700. The molecular formula is C14H15F3N4O3. The first-order valence-electron chi connectivity index (χ1n) is 6.75. The largest absolute Gasteiger partial charge is 0.471 e. The van der Waals surface area contributed by atoms with Crippen LogP contribution in [0.5, 0.6) is 0 Å². The van der Waals surface area contributed by atoms with Crippen LogP contribution in [-0.4, -0.2) is 47.3 Å². The number of aromatic nitrogens is 2. The summed E-state index contributed by atoms with van der Waals surface area (Å²) < 4.78 is 41.5. The molecule has 1 aromatic carbocycles. The van der Waals surface area contributed by atoms with E-state index in [0.717, 1.165) is 10.6 Å². The van der Waals surface area contributed by atoms with Crippen LogP contribution in [0.3, 0.4) is 0 Å². The van der Waals surface area contributed by atoms with Crippen LogP contribution in [0.15, 0.2) is 28.8 Å². The number of halogens is 3. The Kier molecular flexibility index (Phi) is 5.07. The van der Waals surface area contributed by atoms with E-state index in [4.69, 9.17) is 4.84 Å². The maximum Gasteiger partial charge on any atom is 0.471 e. The molecule has 1 aromatic heterocycles. The topological polar surface area (TPSA) is 71.7 Å². The molecule has 0 atom stereocenters. The number of benzene rings is 1. The molecule has 0 saturated carbocycles. The summed E-state index contributed by atoms with van der Waals surface area (Å²) in [6.07, 6.45) is -4.68. The van der Waals surface area contributed by atoms with Gasteiger partial charge >= 0.3 is 18.1 Å². The van der Waals surface area contributed by atoms with E-state index in [1.165, 1.54) is 19.1 Å². The third-order valence-corrected chi connectivity index (χ3v) is 3.17. The Labute approximate surface area is 135 Å². The maximum atomic E-state index is 12.4. The first kappa shape index (κ1) is 17.7. The predicted molar refractivity (Wildman–Crippen MR) is 76.4 cm³/mol. The lowest BCUT2D eigenvalue weighted by atomic mass is 10.1. The van der Waals surface area contributed by atoms with Gasteiger partial charge in [0.1, 0.15) is 0 Å². The average Bonchev–Trinajstić information content (AvgIpc) is 3.04. The van der Waals surface area contributed by atoms with Crippen LogP contribution in [0.25, 0.3) is 11.4 Å². The Morgan fingerprint density at radius 2 is 1.88 bits per heavy atom. The molecular weight excluding hydrogens is 329 g/mol. The molecule has 0 N–H and O–H groups in total. The molecule has 2 amide bonds. The smallest absolute Gasteiger partial charge is 0.329 e. The molecule has 0 unspecified atom stereocenters. The number of urea groups is 1. The fourth-order valence-electron chi connectivity index (χ4n) is 1.88. The summed E-state index contributed by atoms with van der Waals surface area (Å²) in [7, 11) is 4.46. The first-order valence-corrected chi connectivity index (χ1v) is 6.75. The van der Waals surface area contributed by atoms with Gasteiger partial charge in [-0.1, -0.05) is 29.4 Å². The molecule has 0 fully saturated rings. The van der Waals surface area contributed by atoms with Gasteiger partial charge in [0.15, 0.2) is 0 Å². The van der Waals surface area contributed by atoms with E-state index in [1.807, 2.05) is 0 Å². The van der Waals surface area contributed by atoms with Crippen molar-refractivity contribution in [2.75, 3.05) is 21.2 Å². The number of carbonyl (C=O) groups is 1. The van der Waals surface area contributed by atoms with Gasteiger partial charge in [-0.25, -0.2) is 9.86 Å². The second-order valence-electron chi connectivity index (χ2n) is 4.94. The summed E-state index contributed by atoms with van der Waals surface area (Å²) in [6, 6.07) is 6.09. The quantitative estimate of drug-likeness (QED) is 0.798. The van der Waals surface area contributed by atoms with Crippen molar-refractivity contribution in [3.05, 3.63) is 35.7 Å². The number of carbonyl (C=O) groups excluding carboxylic acids is 1. The van der Waals surface area contributed by atoms with Gasteiger partial charge in [0.05, 0.1) is 7.11 Å². The third kappa shape index (κ3) is 4.02. The highest BCUT2D eigenvalue weighted by Gasteiger charge is 2.38.